The van der Waals surface area contributed by atoms with Gasteiger partial charge in [0.2, 0.25) is 0 Å². The minimum atomic E-state index is -5.36. The summed E-state index contributed by atoms with van der Waals surface area (Å²) in [5.74, 6) is -1.19. The largest absolute Gasteiger partial charge is 0.472 e. The SMILES string of the molecule is CCCCCCCCCCCCCCCCCC(=O)OCC(COP(=O)(O)O[C@H]1[C@H](O)[C@@H](OP(=O)(O)O)[C@H](O)[C@@H](O)[C@H]1O)OC(=O)CCCCCCCCCCCCCCCCC. The van der Waals surface area contributed by atoms with E-state index in [0.29, 0.717) is 12.8 Å². The first-order valence-electron chi connectivity index (χ1n) is 24.6. The summed E-state index contributed by atoms with van der Waals surface area (Å²) in [6.07, 6.45) is 20.5. The first-order chi connectivity index (χ1) is 30.1. The number of carbonyl (C=O) groups excluding carboxylic acids is 2. The Morgan fingerprint density at radius 3 is 1.14 bits per heavy atom. The Morgan fingerprint density at radius 1 is 0.444 bits per heavy atom. The van der Waals surface area contributed by atoms with Crippen molar-refractivity contribution < 1.29 is 76.9 Å². The van der Waals surface area contributed by atoms with Crippen LogP contribution in [0, 0.1) is 0 Å². The molecule has 374 valence electrons. The summed E-state index contributed by atoms with van der Waals surface area (Å²) in [6.45, 7) is 3.14. The van der Waals surface area contributed by atoms with Crippen molar-refractivity contribution in [3.05, 3.63) is 0 Å². The van der Waals surface area contributed by atoms with Gasteiger partial charge in [0.1, 0.15) is 43.2 Å². The Balaban J connectivity index is 2.56. The second-order valence-corrected chi connectivity index (χ2v) is 20.1. The molecule has 0 aromatic carbocycles. The van der Waals surface area contributed by atoms with Crippen LogP contribution in [0.15, 0.2) is 0 Å². The van der Waals surface area contributed by atoms with Gasteiger partial charge in [-0.1, -0.05) is 194 Å². The molecule has 1 aliphatic rings. The van der Waals surface area contributed by atoms with Crippen molar-refractivity contribution in [1.82, 2.24) is 0 Å². The van der Waals surface area contributed by atoms with E-state index in [4.69, 9.17) is 18.5 Å². The number of unbranched alkanes of at least 4 members (excludes halogenated alkanes) is 28. The molecule has 0 aliphatic heterocycles. The number of ether oxygens (including phenoxy) is 2. The Hall–Kier alpha value is -1.00. The summed E-state index contributed by atoms with van der Waals surface area (Å²) >= 11 is 0. The number of esters is 2. The van der Waals surface area contributed by atoms with Crippen LogP contribution in [0.2, 0.25) is 0 Å². The van der Waals surface area contributed by atoms with Gasteiger partial charge in [-0.25, -0.2) is 9.13 Å². The molecule has 1 saturated carbocycles. The molecule has 0 radical (unpaired) electrons. The van der Waals surface area contributed by atoms with Gasteiger partial charge in [-0.15, -0.1) is 0 Å². The zero-order valence-electron chi connectivity index (χ0n) is 38.8. The molecule has 0 spiro atoms. The lowest BCUT2D eigenvalue weighted by molar-refractivity contribution is -0.216. The highest BCUT2D eigenvalue weighted by atomic mass is 31.2. The number of phosphoric ester groups is 2. The lowest BCUT2D eigenvalue weighted by atomic mass is 9.85. The maximum Gasteiger partial charge on any atom is 0.472 e. The Kier molecular flexibility index (Phi) is 35.3. The van der Waals surface area contributed by atoms with Crippen LogP contribution in [0.3, 0.4) is 0 Å². The average molecular weight is 947 g/mol. The predicted molar refractivity (Wildman–Crippen MR) is 242 cm³/mol. The molecule has 0 saturated heterocycles. The molecule has 0 heterocycles. The van der Waals surface area contributed by atoms with E-state index in [0.717, 1.165) is 51.4 Å². The number of hydrogen-bond acceptors (Lipinski definition) is 13. The minimum Gasteiger partial charge on any atom is -0.462 e. The summed E-state index contributed by atoms with van der Waals surface area (Å²) < 4.78 is 49.4. The average Bonchev–Trinajstić information content (AvgIpc) is 3.23. The third-order valence-corrected chi connectivity index (χ3v) is 13.2. The number of aliphatic hydroxyl groups excluding tert-OH is 4. The van der Waals surface area contributed by atoms with Gasteiger partial charge in [-0.3, -0.25) is 23.2 Å². The fraction of sp³-hybridized carbons (Fsp3) is 0.956. The van der Waals surface area contributed by atoms with E-state index >= 15 is 0 Å². The molecular formula is C45H88O16P2. The van der Waals surface area contributed by atoms with Crippen LogP contribution >= 0.6 is 15.6 Å². The van der Waals surface area contributed by atoms with Crippen molar-refractivity contribution >= 4 is 27.6 Å². The number of aliphatic hydroxyl groups is 4. The molecule has 0 aromatic rings. The van der Waals surface area contributed by atoms with Crippen LogP contribution in [0.4, 0.5) is 0 Å². The number of carbonyl (C=O) groups is 2. The molecule has 0 bridgehead atoms. The first kappa shape index (κ1) is 60.0. The van der Waals surface area contributed by atoms with Crippen molar-refractivity contribution in [3.63, 3.8) is 0 Å². The highest BCUT2D eigenvalue weighted by molar-refractivity contribution is 7.47. The second kappa shape index (κ2) is 37.0. The lowest BCUT2D eigenvalue weighted by Crippen LogP contribution is -2.64. The fourth-order valence-electron chi connectivity index (χ4n) is 7.85. The van der Waals surface area contributed by atoms with Gasteiger partial charge < -0.3 is 44.6 Å². The molecule has 1 fully saturated rings. The summed E-state index contributed by atoms with van der Waals surface area (Å²) in [7, 11) is -10.7. The van der Waals surface area contributed by atoms with Crippen LogP contribution in [0.25, 0.3) is 0 Å². The summed E-state index contributed by atoms with van der Waals surface area (Å²) in [4.78, 5) is 54.3. The third-order valence-electron chi connectivity index (χ3n) is 11.7. The second-order valence-electron chi connectivity index (χ2n) is 17.6. The van der Waals surface area contributed by atoms with E-state index in [1.54, 1.807) is 0 Å². The number of phosphoric acid groups is 2. The summed E-state index contributed by atoms with van der Waals surface area (Å²) in [5, 5.41) is 41.2. The fourth-order valence-corrected chi connectivity index (χ4v) is 9.39. The number of rotatable bonds is 42. The van der Waals surface area contributed by atoms with Crippen LogP contribution < -0.4 is 0 Å². The van der Waals surface area contributed by atoms with Gasteiger partial charge >= 0.3 is 27.6 Å². The van der Waals surface area contributed by atoms with E-state index in [-0.39, 0.29) is 12.8 Å². The van der Waals surface area contributed by atoms with E-state index in [2.05, 4.69) is 18.4 Å². The van der Waals surface area contributed by atoms with E-state index < -0.39 is 83.5 Å². The van der Waals surface area contributed by atoms with Crippen LogP contribution in [-0.4, -0.2) is 103 Å². The molecular weight excluding hydrogens is 858 g/mol. The molecule has 63 heavy (non-hydrogen) atoms. The van der Waals surface area contributed by atoms with Crippen molar-refractivity contribution in [2.45, 2.75) is 262 Å². The molecule has 7 N–H and O–H groups in total. The molecule has 18 heteroatoms. The zero-order chi connectivity index (χ0) is 46.8. The van der Waals surface area contributed by atoms with Gasteiger partial charge in [0.25, 0.3) is 0 Å². The molecule has 8 atom stereocenters. The van der Waals surface area contributed by atoms with Crippen LogP contribution in [0.5, 0.6) is 0 Å². The molecule has 0 amide bonds. The molecule has 0 aromatic heterocycles. The Bertz CT molecular complexity index is 1240. The summed E-state index contributed by atoms with van der Waals surface area (Å²) in [5.41, 5.74) is 0. The Labute approximate surface area is 378 Å². The maximum absolute atomic E-state index is 13.0. The highest BCUT2D eigenvalue weighted by Gasteiger charge is 2.54. The van der Waals surface area contributed by atoms with Gasteiger partial charge in [0.05, 0.1) is 6.61 Å². The van der Waals surface area contributed by atoms with Gasteiger partial charge in [0, 0.05) is 12.8 Å². The third kappa shape index (κ3) is 31.6. The molecule has 16 nitrogen and oxygen atoms in total. The smallest absolute Gasteiger partial charge is 0.462 e. The van der Waals surface area contributed by atoms with E-state index in [1.807, 2.05) is 0 Å². The summed E-state index contributed by atoms with van der Waals surface area (Å²) in [6, 6.07) is 0. The monoisotopic (exact) mass is 947 g/mol. The highest BCUT2D eigenvalue weighted by Crippen LogP contribution is 2.49. The quantitative estimate of drug-likeness (QED) is 0.0171. The topological polar surface area (TPSA) is 256 Å². The molecule has 1 aliphatic carbocycles. The lowest BCUT2D eigenvalue weighted by Gasteiger charge is -2.43. The van der Waals surface area contributed by atoms with E-state index in [9.17, 15) is 53.8 Å². The van der Waals surface area contributed by atoms with Gasteiger partial charge in [-0.2, -0.15) is 0 Å². The van der Waals surface area contributed by atoms with Crippen molar-refractivity contribution in [3.8, 4) is 0 Å². The molecule has 2 unspecified atom stereocenters. The van der Waals surface area contributed by atoms with Gasteiger partial charge in [0.15, 0.2) is 6.10 Å². The van der Waals surface area contributed by atoms with Crippen LogP contribution in [-0.2, 0) is 41.8 Å². The Morgan fingerprint density at radius 2 is 0.778 bits per heavy atom. The normalized spacial score (nSPS) is 21.9. The minimum absolute atomic E-state index is 0.0523. The predicted octanol–water partition coefficient (Wildman–Crippen LogP) is 9.40. The van der Waals surface area contributed by atoms with Crippen LogP contribution in [0.1, 0.15) is 219 Å². The molecule has 1 rings (SSSR count). The van der Waals surface area contributed by atoms with Crippen molar-refractivity contribution in [2.24, 2.45) is 0 Å². The zero-order valence-corrected chi connectivity index (χ0v) is 40.6. The van der Waals surface area contributed by atoms with Gasteiger partial charge in [-0.05, 0) is 12.8 Å². The van der Waals surface area contributed by atoms with Crippen molar-refractivity contribution in [2.75, 3.05) is 13.2 Å². The number of hydrogen-bond donors (Lipinski definition) is 7. The van der Waals surface area contributed by atoms with E-state index in [1.165, 1.54) is 128 Å². The maximum atomic E-state index is 13.0. The first-order valence-corrected chi connectivity index (χ1v) is 27.6. The standard InChI is InChI=1S/C45H88O16P2/c1-3-5-7-9-11-13-15-17-19-21-23-25-27-29-31-33-38(46)57-35-37(59-39(47)34-32-30-28-26-24-22-20-18-16-14-12-10-8-6-4-2)36-58-63(55,56)61-45-42(50)40(48)41(49)44(43(45)51)60-62(52,53)54/h37,40-45,48-51H,3-36H2,1-2H3,(H,55,56)(H2,52,53,54)/t37?,40-,41-,42-,43-,44+,45-/m1/s1. The van der Waals surface area contributed by atoms with Crippen molar-refractivity contribution in [1.29, 1.82) is 0 Å².